The highest BCUT2D eigenvalue weighted by atomic mass is 28.4. The number of hydrogen-bond acceptors (Lipinski definition) is 10. The van der Waals surface area contributed by atoms with Crippen LogP contribution in [0, 0.1) is 5.92 Å². The summed E-state index contributed by atoms with van der Waals surface area (Å²) >= 11 is 0. The van der Waals surface area contributed by atoms with Gasteiger partial charge in [0.1, 0.15) is 11.1 Å². The number of para-hydroxylation sites is 2. The van der Waals surface area contributed by atoms with E-state index in [9.17, 15) is 14.7 Å². The Labute approximate surface area is 410 Å². The van der Waals surface area contributed by atoms with Crippen molar-refractivity contribution in [2.45, 2.75) is 106 Å². The first-order chi connectivity index (χ1) is 33.8. The van der Waals surface area contributed by atoms with Gasteiger partial charge in [0.2, 0.25) is 14.3 Å². The average molecular weight is 969 g/mol. The monoisotopic (exact) mass is 968 g/mol. The van der Waals surface area contributed by atoms with Crippen LogP contribution in [0.2, 0.25) is 18.6 Å². The van der Waals surface area contributed by atoms with Crippen LogP contribution in [0.15, 0.2) is 103 Å². The minimum absolute atomic E-state index is 0.0125. The van der Waals surface area contributed by atoms with E-state index in [1.807, 2.05) is 108 Å². The number of nitrogens with one attached hydrogen (secondary N) is 2. The van der Waals surface area contributed by atoms with Crippen molar-refractivity contribution in [1.82, 2.24) is 15.5 Å². The average Bonchev–Trinajstić information content (AvgIpc) is 4.16. The van der Waals surface area contributed by atoms with Crippen molar-refractivity contribution in [3.63, 3.8) is 0 Å². The van der Waals surface area contributed by atoms with Crippen LogP contribution in [-0.4, -0.2) is 118 Å². The molecule has 5 atom stereocenters. The molecule has 3 spiro atoms. The van der Waals surface area contributed by atoms with Crippen LogP contribution in [-0.2, 0) is 36.1 Å². The summed E-state index contributed by atoms with van der Waals surface area (Å²) in [6, 6.07) is 33.3. The van der Waals surface area contributed by atoms with E-state index >= 15 is 13.7 Å². The maximum atomic E-state index is 17.1. The smallest absolute Gasteiger partial charge is 0.264 e. The van der Waals surface area contributed by atoms with E-state index in [-0.39, 0.29) is 49.2 Å². The minimum Gasteiger partial charge on any atom is -0.394 e. The summed E-state index contributed by atoms with van der Waals surface area (Å²) in [4.78, 5) is 71.3. The van der Waals surface area contributed by atoms with E-state index in [0.29, 0.717) is 82.0 Å². The molecular formula is C54H65FN8O6Si. The topological polar surface area (TPSA) is 141 Å². The molecule has 16 heteroatoms. The third kappa shape index (κ3) is 7.38. The Morgan fingerprint density at radius 1 is 0.743 bits per heavy atom. The number of likely N-dealkylation sites (tertiary alicyclic amines) is 1. The third-order valence-corrected chi connectivity index (χ3v) is 19.4. The Bertz CT molecular complexity index is 2660. The quantitative estimate of drug-likeness (QED) is 0.124. The molecule has 3 N–H and O–H groups in total. The maximum Gasteiger partial charge on any atom is 0.264 e. The lowest BCUT2D eigenvalue weighted by Crippen LogP contribution is -2.55. The molecule has 7 heterocycles. The van der Waals surface area contributed by atoms with Crippen molar-refractivity contribution >= 4 is 60.5 Å². The Balaban J connectivity index is 0.977. The zero-order chi connectivity index (χ0) is 48.6. The number of ether oxygens (including phenoxy) is 1. The van der Waals surface area contributed by atoms with Crippen LogP contribution in [0.3, 0.4) is 0 Å². The standard InChI is InChI=1S/C54H65FN8O6Si/c1-37-48(70(2,3)55)46(32-47(65)58-29-11-18-43(58)34-64)69-54(37)44-31-42(61-36-63(40-15-8-5-9-16-40)53(50(61)67)23-27-57-28-24-53)19-20-45(44)59(51(54)68)33-38-12-10-17-41(30-38)60-35-62(39-13-6-4-7-14-39)52(49(60)66)21-25-56-26-22-52/h4-10,12-17,19-20,30-31,37,43,46,48,56-57,64H,11,18,21-29,32-36H2,1-3H3/t37-,43-,46+,48-,54+/m0/s1. The van der Waals surface area contributed by atoms with Gasteiger partial charge in [-0.1, -0.05) is 55.5 Å². The summed E-state index contributed by atoms with van der Waals surface area (Å²) in [7, 11) is -3.66. The van der Waals surface area contributed by atoms with Gasteiger partial charge in [0.15, 0.2) is 5.60 Å². The number of benzene rings is 4. The van der Waals surface area contributed by atoms with Crippen molar-refractivity contribution in [2.24, 2.45) is 5.92 Å². The molecule has 0 bridgehead atoms. The predicted octanol–water partition coefficient (Wildman–Crippen LogP) is 6.25. The number of nitrogens with zero attached hydrogens (tertiary/aromatic N) is 6. The van der Waals surface area contributed by atoms with Crippen molar-refractivity contribution in [3.05, 3.63) is 114 Å². The minimum atomic E-state index is -3.66. The number of anilines is 5. The predicted molar refractivity (Wildman–Crippen MR) is 271 cm³/mol. The fourth-order valence-corrected chi connectivity index (χ4v) is 16.0. The molecule has 368 valence electrons. The lowest BCUT2D eigenvalue weighted by atomic mass is 9.82. The van der Waals surface area contributed by atoms with E-state index in [1.165, 1.54) is 0 Å². The highest BCUT2D eigenvalue weighted by Crippen LogP contribution is 2.61. The van der Waals surface area contributed by atoms with E-state index < -0.39 is 42.6 Å². The maximum absolute atomic E-state index is 17.1. The van der Waals surface area contributed by atoms with Crippen molar-refractivity contribution in [2.75, 3.05) is 77.2 Å². The van der Waals surface area contributed by atoms with Crippen molar-refractivity contribution < 1.29 is 33.1 Å². The van der Waals surface area contributed by atoms with Crippen LogP contribution < -0.4 is 35.1 Å². The Morgan fingerprint density at radius 3 is 1.86 bits per heavy atom. The number of carbonyl (C=O) groups is 4. The van der Waals surface area contributed by atoms with Gasteiger partial charge in [-0.25, -0.2) is 0 Å². The van der Waals surface area contributed by atoms with Crippen LogP contribution in [0.25, 0.3) is 0 Å². The normalized spacial score (nSPS) is 27.3. The first-order valence-electron chi connectivity index (χ1n) is 25.3. The Kier molecular flexibility index (Phi) is 11.9. The number of halogens is 1. The first kappa shape index (κ1) is 46.7. The summed E-state index contributed by atoms with van der Waals surface area (Å²) in [5.74, 6) is -1.21. The van der Waals surface area contributed by atoms with E-state index in [2.05, 4.69) is 32.6 Å². The molecule has 4 aromatic carbocycles. The molecule has 7 aliphatic rings. The molecule has 0 aliphatic carbocycles. The Hall–Kier alpha value is -5.65. The highest BCUT2D eigenvalue weighted by molar-refractivity contribution is 6.72. The van der Waals surface area contributed by atoms with E-state index in [1.54, 1.807) is 22.9 Å². The molecule has 6 fully saturated rings. The summed E-state index contributed by atoms with van der Waals surface area (Å²) in [6.45, 7) is 9.18. The fourth-order valence-electron chi connectivity index (χ4n) is 13.5. The number of amides is 4. The van der Waals surface area contributed by atoms with E-state index in [0.717, 1.165) is 42.1 Å². The van der Waals surface area contributed by atoms with Gasteiger partial charge in [-0.2, -0.15) is 0 Å². The van der Waals surface area contributed by atoms with Crippen molar-refractivity contribution in [1.29, 1.82) is 0 Å². The molecule has 6 saturated heterocycles. The van der Waals surface area contributed by atoms with Gasteiger partial charge in [-0.05, 0) is 138 Å². The van der Waals surface area contributed by atoms with Gasteiger partial charge in [-0.3, -0.25) is 29.0 Å². The van der Waals surface area contributed by atoms with Gasteiger partial charge < -0.3 is 44.2 Å². The Morgan fingerprint density at radius 2 is 1.30 bits per heavy atom. The lowest BCUT2D eigenvalue weighted by Gasteiger charge is -2.39. The van der Waals surface area contributed by atoms with Crippen LogP contribution in [0.1, 0.15) is 63.0 Å². The second kappa shape index (κ2) is 17.9. The van der Waals surface area contributed by atoms with Gasteiger partial charge >= 0.3 is 0 Å². The van der Waals surface area contributed by atoms with E-state index in [4.69, 9.17) is 4.74 Å². The molecule has 0 aromatic heterocycles. The summed E-state index contributed by atoms with van der Waals surface area (Å²) < 4.78 is 24.2. The van der Waals surface area contributed by atoms with Gasteiger partial charge in [0, 0.05) is 46.3 Å². The molecule has 0 saturated carbocycles. The number of aliphatic hydroxyl groups excluding tert-OH is 1. The molecule has 14 nitrogen and oxygen atoms in total. The number of aliphatic hydroxyl groups is 1. The molecular weight excluding hydrogens is 904 g/mol. The lowest BCUT2D eigenvalue weighted by molar-refractivity contribution is -0.150. The zero-order valence-corrected chi connectivity index (χ0v) is 41.5. The molecule has 7 aliphatic heterocycles. The third-order valence-electron chi connectivity index (χ3n) is 17.0. The van der Waals surface area contributed by atoms with Crippen molar-refractivity contribution in [3.8, 4) is 0 Å². The number of carbonyl (C=O) groups excluding carboxylic acids is 4. The van der Waals surface area contributed by atoms with Crippen LogP contribution >= 0.6 is 0 Å². The summed E-state index contributed by atoms with van der Waals surface area (Å²) in [6.07, 6.45) is 3.04. The van der Waals surface area contributed by atoms with Gasteiger partial charge in [0.05, 0.1) is 50.7 Å². The number of rotatable bonds is 10. The second-order valence-corrected chi connectivity index (χ2v) is 24.9. The SMILES string of the molecule is C[C@H]1[C@H]([Si](C)(C)F)[C@@H](CC(=O)N2CCC[C@H]2CO)O[C@]12C(=O)N(Cc1cccc(N3CN(c4ccccc4)C4(CCNCC4)C3=O)c1)c1ccc(N3CN(c4ccccc4)C4(CCNCC4)C3=O)cc12. The van der Waals surface area contributed by atoms with Gasteiger partial charge in [-0.15, -0.1) is 0 Å². The first-order valence-corrected chi connectivity index (χ1v) is 28.3. The largest absolute Gasteiger partial charge is 0.394 e. The molecule has 70 heavy (non-hydrogen) atoms. The van der Waals surface area contributed by atoms with Crippen LogP contribution in [0.4, 0.5) is 32.5 Å². The summed E-state index contributed by atoms with van der Waals surface area (Å²) in [5.41, 5.74) is 1.38. The van der Waals surface area contributed by atoms with Gasteiger partial charge in [0.25, 0.3) is 17.7 Å². The van der Waals surface area contributed by atoms with Crippen LogP contribution in [0.5, 0.6) is 0 Å². The number of hydrogen-bond donors (Lipinski definition) is 3. The zero-order valence-electron chi connectivity index (χ0n) is 40.5. The molecule has 0 unspecified atom stereocenters. The molecule has 4 aromatic rings. The second-order valence-electron chi connectivity index (χ2n) is 21.1. The highest BCUT2D eigenvalue weighted by Gasteiger charge is 2.67. The fraction of sp³-hybridized carbons (Fsp3) is 0.481. The molecule has 11 rings (SSSR count). The number of fused-ring (bicyclic) bond motifs is 2. The molecule has 4 amide bonds. The molecule has 0 radical (unpaired) electrons. The number of piperidine rings is 2. The summed E-state index contributed by atoms with van der Waals surface area (Å²) in [5, 5.41) is 17.0.